The molecule has 3 rings (SSSR count). The Morgan fingerprint density at radius 2 is 1.97 bits per heavy atom. The van der Waals surface area contributed by atoms with Crippen molar-refractivity contribution in [3.05, 3.63) is 56.3 Å². The number of aliphatic hydroxyl groups is 2. The molecular formula is C18H15ClN2O5S2Y. The Labute approximate surface area is 202 Å². The number of benzene rings is 1. The molecule has 1 radical (unpaired) electrons. The summed E-state index contributed by atoms with van der Waals surface area (Å²) < 4.78 is 26.5. The second-order valence-electron chi connectivity index (χ2n) is 5.75. The van der Waals surface area contributed by atoms with Gasteiger partial charge in [-0.1, -0.05) is 35.6 Å². The van der Waals surface area contributed by atoms with Crippen molar-refractivity contribution in [2.24, 2.45) is 0 Å². The Morgan fingerprint density at radius 3 is 2.59 bits per heavy atom. The number of nitrogens with one attached hydrogen (secondary N) is 1. The number of aliphatic hydroxyl groups excluding tert-OH is 2. The Kier molecular flexibility index (Phi) is 7.90. The van der Waals surface area contributed by atoms with Crippen LogP contribution in [0.3, 0.4) is 0 Å². The number of nitrogens with zero attached hydrogens (tertiary/aromatic N) is 1. The molecule has 149 valence electrons. The summed E-state index contributed by atoms with van der Waals surface area (Å²) in [5, 5.41) is 22.6. The van der Waals surface area contributed by atoms with Crippen molar-refractivity contribution in [2.45, 2.75) is 6.54 Å². The maximum absolute atomic E-state index is 12.8. The van der Waals surface area contributed by atoms with Gasteiger partial charge in [0.2, 0.25) is 0 Å². The predicted molar refractivity (Wildman–Crippen MR) is 108 cm³/mol. The molecule has 0 atom stereocenters. The predicted octanol–water partition coefficient (Wildman–Crippen LogP) is 2.07. The van der Waals surface area contributed by atoms with Crippen molar-refractivity contribution < 1.29 is 56.1 Å². The van der Waals surface area contributed by atoms with Gasteiger partial charge in [0.1, 0.15) is 11.6 Å². The molecular weight excluding hydrogens is 513 g/mol. The van der Waals surface area contributed by atoms with Crippen LogP contribution in [-0.4, -0.2) is 38.2 Å². The number of rotatable bonds is 3. The summed E-state index contributed by atoms with van der Waals surface area (Å²) in [6.07, 6.45) is 0. The van der Waals surface area contributed by atoms with Crippen LogP contribution in [0, 0.1) is 11.8 Å². The number of fused-ring (bicyclic) bond motifs is 1. The molecule has 0 unspecified atom stereocenters. The van der Waals surface area contributed by atoms with E-state index in [1.165, 1.54) is 13.1 Å². The minimum atomic E-state index is -4.24. The molecule has 1 amide bonds. The van der Waals surface area contributed by atoms with E-state index in [4.69, 9.17) is 16.7 Å². The van der Waals surface area contributed by atoms with E-state index in [0.717, 1.165) is 21.2 Å². The summed E-state index contributed by atoms with van der Waals surface area (Å²) in [5.41, 5.74) is 0.915. The number of sulfonamides is 1. The molecule has 1 aliphatic heterocycles. The molecule has 1 aliphatic rings. The number of amides is 1. The number of carbonyl (C=O) groups is 1. The van der Waals surface area contributed by atoms with Crippen molar-refractivity contribution in [1.29, 1.82) is 0 Å². The average Bonchev–Trinajstić information content (AvgIpc) is 3.08. The van der Waals surface area contributed by atoms with Crippen LogP contribution in [0.1, 0.15) is 16.0 Å². The van der Waals surface area contributed by atoms with E-state index in [-0.39, 0.29) is 56.4 Å². The molecule has 0 saturated heterocycles. The summed E-state index contributed by atoms with van der Waals surface area (Å²) in [4.78, 5) is 12.3. The van der Waals surface area contributed by atoms with Gasteiger partial charge >= 0.3 is 0 Å². The number of hydrogen-bond donors (Lipinski definition) is 3. The number of halogens is 1. The summed E-state index contributed by atoms with van der Waals surface area (Å²) in [6, 6.07) is 8.17. The number of hydrogen-bond acceptors (Lipinski definition) is 6. The SMILES string of the molecule is CN1c2sc(C#CCO)cc2C(O)=C(C(=O)NCc2ccc(Cl)cc2)S1(=O)=O.[Y]. The second kappa shape index (κ2) is 9.60. The third-order valence-electron chi connectivity index (χ3n) is 3.95. The molecule has 0 bridgehead atoms. The van der Waals surface area contributed by atoms with Crippen LogP contribution in [0.25, 0.3) is 5.76 Å². The Morgan fingerprint density at radius 1 is 1.31 bits per heavy atom. The molecule has 0 saturated carbocycles. The molecule has 1 aromatic carbocycles. The largest absolute Gasteiger partial charge is 0.506 e. The Bertz CT molecular complexity index is 1130. The van der Waals surface area contributed by atoms with Gasteiger partial charge in [0.05, 0.1) is 10.4 Å². The zero-order chi connectivity index (χ0) is 20.5. The first kappa shape index (κ1) is 23.9. The second-order valence-corrected chi connectivity index (χ2v) is 9.12. The van der Waals surface area contributed by atoms with Gasteiger partial charge in [-0.25, -0.2) is 8.42 Å². The summed E-state index contributed by atoms with van der Waals surface area (Å²) in [7, 11) is -2.94. The van der Waals surface area contributed by atoms with E-state index in [2.05, 4.69) is 17.2 Å². The number of carbonyl (C=O) groups excluding carboxylic acids is 1. The number of anilines is 1. The van der Waals surface area contributed by atoms with Crippen LogP contribution in [0.15, 0.2) is 35.2 Å². The van der Waals surface area contributed by atoms with E-state index in [9.17, 15) is 18.3 Å². The van der Waals surface area contributed by atoms with E-state index in [1.807, 2.05) is 0 Å². The van der Waals surface area contributed by atoms with Gasteiger partial charge < -0.3 is 15.5 Å². The zero-order valence-corrected chi connectivity index (χ0v) is 20.4. The molecule has 1 aromatic heterocycles. The molecule has 11 heteroatoms. The van der Waals surface area contributed by atoms with E-state index < -0.39 is 26.6 Å². The van der Waals surface area contributed by atoms with Crippen LogP contribution in [0.5, 0.6) is 0 Å². The van der Waals surface area contributed by atoms with E-state index in [1.54, 1.807) is 24.3 Å². The van der Waals surface area contributed by atoms with Crippen LogP contribution < -0.4 is 9.62 Å². The first-order chi connectivity index (χ1) is 13.3. The van der Waals surface area contributed by atoms with Gasteiger partial charge in [-0.3, -0.25) is 9.10 Å². The third-order valence-corrected chi connectivity index (χ3v) is 7.24. The number of thiophene rings is 1. The van der Waals surface area contributed by atoms with Gasteiger partial charge in [0.15, 0.2) is 10.7 Å². The first-order valence-corrected chi connectivity index (χ1v) is 10.6. The fourth-order valence-electron chi connectivity index (χ4n) is 2.55. The molecule has 3 N–H and O–H groups in total. The van der Waals surface area contributed by atoms with E-state index >= 15 is 0 Å². The van der Waals surface area contributed by atoms with Crippen molar-refractivity contribution in [2.75, 3.05) is 18.0 Å². The van der Waals surface area contributed by atoms with Crippen molar-refractivity contribution in [1.82, 2.24) is 5.32 Å². The molecule has 2 heterocycles. The minimum absolute atomic E-state index is 0. The monoisotopic (exact) mass is 527 g/mol. The Hall–Kier alpha value is -1.41. The van der Waals surface area contributed by atoms with Crippen LogP contribution in [-0.2, 0) is 54.1 Å². The van der Waals surface area contributed by atoms with Crippen molar-refractivity contribution in [3.63, 3.8) is 0 Å². The molecule has 0 fully saturated rings. The molecule has 0 spiro atoms. The van der Waals surface area contributed by atoms with Crippen molar-refractivity contribution in [3.8, 4) is 11.8 Å². The van der Waals surface area contributed by atoms with Crippen LogP contribution >= 0.6 is 22.9 Å². The van der Waals surface area contributed by atoms with E-state index in [0.29, 0.717) is 9.90 Å². The smallest absolute Gasteiger partial charge is 0.273 e. The summed E-state index contributed by atoms with van der Waals surface area (Å²) >= 11 is 6.85. The maximum Gasteiger partial charge on any atom is 0.273 e. The first-order valence-electron chi connectivity index (χ1n) is 7.94. The fourth-order valence-corrected chi connectivity index (χ4v) is 5.24. The summed E-state index contributed by atoms with van der Waals surface area (Å²) in [6.45, 7) is -0.285. The Balaban J connectivity index is 0.00000300. The van der Waals surface area contributed by atoms with Gasteiger partial charge in [-0.05, 0) is 23.8 Å². The molecule has 7 nitrogen and oxygen atoms in total. The maximum atomic E-state index is 12.8. The average molecular weight is 528 g/mol. The van der Waals surface area contributed by atoms with Crippen molar-refractivity contribution >= 4 is 49.6 Å². The van der Waals surface area contributed by atoms with Gasteiger partial charge in [0, 0.05) is 51.3 Å². The van der Waals surface area contributed by atoms with Crippen LogP contribution in [0.2, 0.25) is 5.02 Å². The molecule has 2 aromatic rings. The zero-order valence-electron chi connectivity index (χ0n) is 15.1. The van der Waals surface area contributed by atoms with Gasteiger partial charge in [-0.15, -0.1) is 11.3 Å². The third kappa shape index (κ3) is 4.85. The molecule has 29 heavy (non-hydrogen) atoms. The summed E-state index contributed by atoms with van der Waals surface area (Å²) in [5.74, 6) is 3.58. The normalized spacial score (nSPS) is 14.4. The van der Waals surface area contributed by atoms with Gasteiger partial charge in [0.25, 0.3) is 15.9 Å². The topological polar surface area (TPSA) is 107 Å². The quantitative estimate of drug-likeness (QED) is 0.530. The van der Waals surface area contributed by atoms with Gasteiger partial charge in [-0.2, -0.15) is 0 Å². The minimum Gasteiger partial charge on any atom is -0.506 e. The molecule has 0 aliphatic carbocycles. The standard InChI is InChI=1S/C18H15ClN2O5S2.Y/c1-21-18-14(9-13(27-18)3-2-8-22)15(23)16(28(21,25)26)17(24)20-10-11-4-6-12(19)7-5-11;/h4-7,9,22-23H,8,10H2,1H3,(H,20,24);. The fraction of sp³-hybridized carbons (Fsp3) is 0.167. The van der Waals surface area contributed by atoms with Crippen LogP contribution in [0.4, 0.5) is 5.00 Å².